The average molecular weight is 867 g/mol. The predicted octanol–water partition coefficient (Wildman–Crippen LogP) is 4.44. The summed E-state index contributed by atoms with van der Waals surface area (Å²) in [7, 11) is 0. The SMILES string of the molecule is Oc1cc(O)c2c(c1)O[C@H](c1ccc(O)c(O)c1)[C@H](O)C2c1c(O)cc(O)c2c1O[C@H](c1ccc(O)c(O)c1)[C@H](O)[C@H]2c1c(O)cc(O)c2c1O[C@H](c1ccc(O)c(O)c1)[C@H](O)C2. The largest absolute Gasteiger partial charge is 0.508 e. The number of aliphatic hydroxyl groups is 3. The van der Waals surface area contributed by atoms with Crippen LogP contribution in [0, 0.1) is 0 Å². The number of hydrogen-bond acceptors (Lipinski definition) is 18. The summed E-state index contributed by atoms with van der Waals surface area (Å²) in [6.07, 6.45) is -9.93. The molecule has 1 unspecified atom stereocenters. The summed E-state index contributed by atoms with van der Waals surface area (Å²) in [5.74, 6) is -11.5. The van der Waals surface area contributed by atoms with Crippen molar-refractivity contribution in [1.29, 1.82) is 0 Å². The molecule has 0 aliphatic carbocycles. The van der Waals surface area contributed by atoms with Gasteiger partial charge in [-0.25, -0.2) is 0 Å². The van der Waals surface area contributed by atoms with Crippen LogP contribution in [0.15, 0.2) is 78.9 Å². The van der Waals surface area contributed by atoms with Crippen LogP contribution in [0.25, 0.3) is 0 Å². The second-order valence-electron chi connectivity index (χ2n) is 15.7. The Bertz CT molecular complexity index is 2840. The number of aromatic hydroxyl groups is 12. The van der Waals surface area contributed by atoms with Gasteiger partial charge < -0.3 is 90.8 Å². The smallest absolute Gasteiger partial charge is 0.157 e. The van der Waals surface area contributed by atoms with E-state index in [1.807, 2.05) is 0 Å². The van der Waals surface area contributed by atoms with Gasteiger partial charge in [0.1, 0.15) is 70.1 Å². The molecule has 15 N–H and O–H groups in total. The standard InChI is InChI=1S/C45H38O18/c46-18-10-27(54)33-32(11-18)61-42(16-2-5-21(48)25(52)8-16)39(59)37(33)35-29(56)14-30(57)36-38(40(60)43(63-45(35)36)17-3-6-22(49)26(53)9-17)34-28(55)13-23(50)19-12-31(58)41(62-44(19)34)15-1-4-20(47)24(51)7-15/h1-11,13-14,31,37-43,46-60H,12H2/t31-,37?,38+,39-,40-,41-,42-,43-/m1/s1. The zero-order chi connectivity index (χ0) is 44.9. The highest BCUT2D eigenvalue weighted by atomic mass is 16.5. The topological polar surface area (TPSA) is 331 Å². The normalized spacial score (nSPS) is 23.6. The summed E-state index contributed by atoms with van der Waals surface area (Å²) in [5, 5.41) is 166. The molecule has 8 atom stereocenters. The number of benzene rings is 6. The number of rotatable bonds is 5. The van der Waals surface area contributed by atoms with Crippen molar-refractivity contribution in [2.75, 3.05) is 0 Å². The van der Waals surface area contributed by atoms with Gasteiger partial charge in [0.25, 0.3) is 0 Å². The third-order valence-electron chi connectivity index (χ3n) is 11.8. The van der Waals surface area contributed by atoms with E-state index in [2.05, 4.69) is 0 Å². The maximum Gasteiger partial charge on any atom is 0.157 e. The minimum atomic E-state index is -1.90. The third-order valence-corrected chi connectivity index (χ3v) is 11.8. The van der Waals surface area contributed by atoms with Gasteiger partial charge in [0.2, 0.25) is 0 Å². The van der Waals surface area contributed by atoms with E-state index in [1.165, 1.54) is 18.2 Å². The van der Waals surface area contributed by atoms with E-state index >= 15 is 0 Å². The Labute approximate surface area is 354 Å². The Kier molecular flexibility index (Phi) is 9.46. The fraction of sp³-hybridized carbons (Fsp3) is 0.200. The van der Waals surface area contributed by atoms with Crippen LogP contribution in [0.2, 0.25) is 0 Å². The number of fused-ring (bicyclic) bond motifs is 3. The molecular weight excluding hydrogens is 828 g/mol. The Morgan fingerprint density at radius 1 is 0.365 bits per heavy atom. The fourth-order valence-corrected chi connectivity index (χ4v) is 8.94. The Hall–Kier alpha value is -7.80. The molecule has 6 aromatic carbocycles. The van der Waals surface area contributed by atoms with Gasteiger partial charge in [-0.2, -0.15) is 0 Å². The first kappa shape index (κ1) is 40.6. The Balaban J connectivity index is 1.31. The van der Waals surface area contributed by atoms with Crippen LogP contribution in [0.1, 0.15) is 74.7 Å². The van der Waals surface area contributed by atoms with Crippen LogP contribution in [-0.2, 0) is 6.42 Å². The molecule has 63 heavy (non-hydrogen) atoms. The van der Waals surface area contributed by atoms with E-state index in [4.69, 9.17) is 14.2 Å². The zero-order valence-electron chi connectivity index (χ0n) is 32.3. The second-order valence-corrected chi connectivity index (χ2v) is 15.7. The number of phenolic OH excluding ortho intramolecular Hbond substituents is 12. The first-order chi connectivity index (χ1) is 29.9. The average Bonchev–Trinajstić information content (AvgIpc) is 3.22. The molecule has 0 fully saturated rings. The molecular formula is C45H38O18. The molecule has 0 spiro atoms. The summed E-state index contributed by atoms with van der Waals surface area (Å²) in [6, 6.07) is 14.4. The summed E-state index contributed by atoms with van der Waals surface area (Å²) < 4.78 is 18.9. The fourth-order valence-electron chi connectivity index (χ4n) is 8.94. The molecule has 0 saturated heterocycles. The van der Waals surface area contributed by atoms with Gasteiger partial charge in [-0.3, -0.25) is 0 Å². The highest BCUT2D eigenvalue weighted by Gasteiger charge is 2.51. The predicted molar refractivity (Wildman–Crippen MR) is 214 cm³/mol. The molecule has 6 aromatic rings. The van der Waals surface area contributed by atoms with Crippen LogP contribution >= 0.6 is 0 Å². The van der Waals surface area contributed by atoms with Gasteiger partial charge in [-0.1, -0.05) is 18.2 Å². The lowest BCUT2D eigenvalue weighted by atomic mass is 9.73. The van der Waals surface area contributed by atoms with Crippen molar-refractivity contribution in [2.45, 2.75) is 54.9 Å². The van der Waals surface area contributed by atoms with Gasteiger partial charge >= 0.3 is 0 Å². The van der Waals surface area contributed by atoms with E-state index in [9.17, 15) is 76.6 Å². The summed E-state index contributed by atoms with van der Waals surface area (Å²) >= 11 is 0. The van der Waals surface area contributed by atoms with Gasteiger partial charge in [0.15, 0.2) is 46.7 Å². The van der Waals surface area contributed by atoms with Crippen molar-refractivity contribution in [1.82, 2.24) is 0 Å². The van der Waals surface area contributed by atoms with Crippen LogP contribution in [0.4, 0.5) is 0 Å². The van der Waals surface area contributed by atoms with E-state index in [1.54, 1.807) is 0 Å². The number of aliphatic hydroxyl groups excluding tert-OH is 3. The van der Waals surface area contributed by atoms with Gasteiger partial charge in [0, 0.05) is 58.5 Å². The molecule has 3 aliphatic heterocycles. The molecule has 3 aliphatic rings. The van der Waals surface area contributed by atoms with Crippen molar-refractivity contribution >= 4 is 0 Å². The van der Waals surface area contributed by atoms with Crippen LogP contribution in [0.3, 0.4) is 0 Å². The lowest BCUT2D eigenvalue weighted by molar-refractivity contribution is -0.00562. The summed E-state index contributed by atoms with van der Waals surface area (Å²) in [6.45, 7) is 0. The van der Waals surface area contributed by atoms with E-state index in [0.717, 1.165) is 60.7 Å². The van der Waals surface area contributed by atoms with Gasteiger partial charge in [0.05, 0.1) is 17.9 Å². The maximum atomic E-state index is 12.5. The van der Waals surface area contributed by atoms with Crippen molar-refractivity contribution in [3.8, 4) is 86.2 Å². The quantitative estimate of drug-likeness (QED) is 0.106. The minimum absolute atomic E-state index is 0.0127. The highest BCUT2D eigenvalue weighted by molar-refractivity contribution is 5.70. The van der Waals surface area contributed by atoms with Crippen molar-refractivity contribution < 1.29 is 90.8 Å². The molecule has 326 valence electrons. The monoisotopic (exact) mass is 866 g/mol. The number of ether oxygens (including phenoxy) is 3. The molecule has 0 radical (unpaired) electrons. The minimum Gasteiger partial charge on any atom is -0.508 e. The Morgan fingerprint density at radius 2 is 0.778 bits per heavy atom. The third kappa shape index (κ3) is 6.46. The first-order valence-electron chi connectivity index (χ1n) is 19.3. The lowest BCUT2D eigenvalue weighted by Crippen LogP contribution is -2.39. The first-order valence-corrected chi connectivity index (χ1v) is 19.3. The van der Waals surface area contributed by atoms with Crippen molar-refractivity contribution in [3.05, 3.63) is 123 Å². The van der Waals surface area contributed by atoms with Crippen LogP contribution in [-0.4, -0.2) is 94.9 Å². The van der Waals surface area contributed by atoms with Crippen molar-refractivity contribution in [3.63, 3.8) is 0 Å². The number of hydrogen-bond donors (Lipinski definition) is 15. The summed E-state index contributed by atoms with van der Waals surface area (Å²) in [4.78, 5) is 0. The molecule has 0 saturated carbocycles. The van der Waals surface area contributed by atoms with E-state index in [-0.39, 0.29) is 62.4 Å². The molecule has 0 amide bonds. The highest BCUT2D eigenvalue weighted by Crippen LogP contribution is 2.62. The molecule has 18 heteroatoms. The Morgan fingerprint density at radius 3 is 1.29 bits per heavy atom. The summed E-state index contributed by atoms with van der Waals surface area (Å²) in [5.41, 5.74) is -1.10. The molecule has 0 bridgehead atoms. The maximum absolute atomic E-state index is 12.5. The molecule has 0 aromatic heterocycles. The van der Waals surface area contributed by atoms with Crippen LogP contribution < -0.4 is 14.2 Å². The molecule has 18 nitrogen and oxygen atoms in total. The molecule has 9 rings (SSSR count). The van der Waals surface area contributed by atoms with Crippen molar-refractivity contribution in [2.24, 2.45) is 0 Å². The van der Waals surface area contributed by atoms with E-state index < -0.39 is 123 Å². The van der Waals surface area contributed by atoms with Gasteiger partial charge in [-0.15, -0.1) is 0 Å². The number of phenols is 12. The second kappa shape index (κ2) is 14.7. The van der Waals surface area contributed by atoms with E-state index in [0.29, 0.717) is 0 Å². The lowest BCUT2D eigenvalue weighted by Gasteiger charge is -2.43. The van der Waals surface area contributed by atoms with Crippen LogP contribution in [0.5, 0.6) is 86.2 Å². The molecule has 3 heterocycles. The zero-order valence-corrected chi connectivity index (χ0v) is 32.3. The van der Waals surface area contributed by atoms with Gasteiger partial charge in [-0.05, 0) is 53.1 Å².